The van der Waals surface area contributed by atoms with E-state index in [2.05, 4.69) is 31.9 Å². The zero-order chi connectivity index (χ0) is 57.6. The van der Waals surface area contributed by atoms with E-state index in [0.29, 0.717) is 25.7 Å². The van der Waals surface area contributed by atoms with Gasteiger partial charge in [-0.05, 0) is 91.9 Å². The molecule has 3 fully saturated rings. The Balaban J connectivity index is 2.04. The van der Waals surface area contributed by atoms with Crippen LogP contribution in [0.1, 0.15) is 108 Å². The van der Waals surface area contributed by atoms with Crippen molar-refractivity contribution in [3.63, 3.8) is 0 Å². The smallest absolute Gasteiger partial charge is 0.408 e. The highest BCUT2D eigenvalue weighted by Gasteiger charge is 2.41. The molecule has 3 rings (SSSR count). The second kappa shape index (κ2) is 27.9. The van der Waals surface area contributed by atoms with Crippen molar-refractivity contribution in [2.45, 2.75) is 155 Å². The summed E-state index contributed by atoms with van der Waals surface area (Å²) in [6.45, 7) is 13.4. The number of hydrogen-bond donors (Lipinski definition) is 6. The number of nitrogens with one attached hydrogen (secondary N) is 6. The molecule has 0 unspecified atom stereocenters. The van der Waals surface area contributed by atoms with Crippen molar-refractivity contribution in [2.24, 2.45) is 11.8 Å². The first kappa shape index (κ1) is 63.5. The van der Waals surface area contributed by atoms with Crippen LogP contribution in [0.25, 0.3) is 0 Å². The third-order valence-electron chi connectivity index (χ3n) is 13.0. The minimum Gasteiger partial charge on any atom is -0.444 e. The molecule has 0 bridgehead atoms. The van der Waals surface area contributed by atoms with E-state index >= 15 is 0 Å². The predicted molar refractivity (Wildman–Crippen MR) is 275 cm³/mol. The highest BCUT2D eigenvalue weighted by atomic mass is 16.6. The molecule has 76 heavy (non-hydrogen) atoms. The predicted octanol–water partition coefficient (Wildman–Crippen LogP) is -1.10. The lowest BCUT2D eigenvalue weighted by atomic mass is 9.99. The lowest BCUT2D eigenvalue weighted by molar-refractivity contribution is -0.146. The Labute approximate surface area is 446 Å². The molecule has 0 aromatic carbocycles. The second-order valence-corrected chi connectivity index (χ2v) is 22.3. The summed E-state index contributed by atoms with van der Waals surface area (Å²) in [5.41, 5.74) is -1.97. The molecule has 0 aromatic heterocycles. The SMILES string of the molecule is CC(C)[C@H]1C(=O)NC[C@@H](NC(=O)OC(C)(C)C)C(=O)N2CCCC[C@H]2C(=O)NCC(=O)N(C)CC(=O)N(C)[C@@H](C(C)C)C(=O)NC[C@@H](NC(=O)OC(C)(C)C)C(=O)N2CCCC[C@H]2C(=O)NCC(=O)N(C)CC(=O)N1C. The Morgan fingerprint density at radius 1 is 0.500 bits per heavy atom. The van der Waals surface area contributed by atoms with Crippen molar-refractivity contribution in [3.05, 3.63) is 0 Å². The van der Waals surface area contributed by atoms with Crippen LogP contribution in [0.15, 0.2) is 0 Å². The first-order valence-corrected chi connectivity index (χ1v) is 25.9. The van der Waals surface area contributed by atoms with Gasteiger partial charge >= 0.3 is 12.2 Å². The average molecular weight is 1080 g/mol. The molecule has 0 saturated carbocycles. The minimum absolute atomic E-state index is 0.0780. The van der Waals surface area contributed by atoms with Gasteiger partial charge in [0.1, 0.15) is 47.5 Å². The Hall–Kier alpha value is -6.76. The lowest BCUT2D eigenvalue weighted by Crippen LogP contribution is -2.61. The van der Waals surface area contributed by atoms with Gasteiger partial charge in [-0.1, -0.05) is 27.7 Å². The van der Waals surface area contributed by atoms with Crippen molar-refractivity contribution in [3.8, 4) is 0 Å². The summed E-state index contributed by atoms with van der Waals surface area (Å²) in [6.07, 6.45) is 0.432. The number of piperidine rings is 2. The molecule has 3 saturated heterocycles. The third-order valence-corrected chi connectivity index (χ3v) is 13.0. The zero-order valence-electron chi connectivity index (χ0n) is 46.9. The number of nitrogens with zero attached hydrogens (tertiary/aromatic N) is 6. The number of likely N-dealkylation sites (N-methyl/N-ethyl adjacent to an activating group) is 4. The number of fused-ring (bicyclic) bond motifs is 2. The number of carbonyl (C=O) groups is 12. The van der Waals surface area contributed by atoms with Crippen molar-refractivity contribution in [2.75, 3.05) is 80.5 Å². The maximum atomic E-state index is 14.4. The molecule has 12 amide bonds. The van der Waals surface area contributed by atoms with Crippen molar-refractivity contribution < 1.29 is 67.0 Å². The molecule has 3 aliphatic heterocycles. The van der Waals surface area contributed by atoms with Crippen LogP contribution in [0.5, 0.6) is 0 Å². The summed E-state index contributed by atoms with van der Waals surface area (Å²) in [7, 11) is 5.39. The molecule has 0 spiro atoms. The van der Waals surface area contributed by atoms with Gasteiger partial charge in [0.15, 0.2) is 0 Å². The Morgan fingerprint density at radius 3 is 1.13 bits per heavy atom. The fourth-order valence-electron chi connectivity index (χ4n) is 9.05. The Bertz CT molecular complexity index is 2010. The van der Waals surface area contributed by atoms with Gasteiger partial charge in [-0.2, -0.15) is 0 Å². The monoisotopic (exact) mass is 1080 g/mol. The molecule has 0 aromatic rings. The van der Waals surface area contributed by atoms with E-state index in [0.717, 1.165) is 19.6 Å². The van der Waals surface area contributed by atoms with Gasteiger partial charge in [-0.15, -0.1) is 0 Å². The first-order valence-electron chi connectivity index (χ1n) is 25.9. The van der Waals surface area contributed by atoms with Gasteiger partial charge in [0.2, 0.25) is 59.1 Å². The van der Waals surface area contributed by atoms with Gasteiger partial charge in [0, 0.05) is 54.4 Å². The van der Waals surface area contributed by atoms with E-state index in [-0.39, 0.29) is 25.9 Å². The molecule has 6 atom stereocenters. The molecule has 3 heterocycles. The van der Waals surface area contributed by atoms with Crippen LogP contribution >= 0.6 is 0 Å². The van der Waals surface area contributed by atoms with Crippen LogP contribution in [0, 0.1) is 11.8 Å². The second-order valence-electron chi connectivity index (χ2n) is 22.3. The van der Waals surface area contributed by atoms with Crippen LogP contribution in [0.2, 0.25) is 0 Å². The normalized spacial score (nSPS) is 25.1. The summed E-state index contributed by atoms with van der Waals surface area (Å²) in [4.78, 5) is 172. The van der Waals surface area contributed by atoms with E-state index in [1.807, 2.05) is 0 Å². The fraction of sp³-hybridized carbons (Fsp3) is 0.760. The van der Waals surface area contributed by atoms with Crippen molar-refractivity contribution in [1.29, 1.82) is 0 Å². The van der Waals surface area contributed by atoms with Crippen LogP contribution in [0.4, 0.5) is 9.59 Å². The molecule has 428 valence electrons. The maximum Gasteiger partial charge on any atom is 0.408 e. The Morgan fingerprint density at radius 2 is 0.829 bits per heavy atom. The van der Waals surface area contributed by atoms with Gasteiger partial charge < -0.3 is 70.8 Å². The molecular weight excluding hydrogens is 993 g/mol. The van der Waals surface area contributed by atoms with E-state index in [1.165, 1.54) is 38.0 Å². The van der Waals surface area contributed by atoms with Gasteiger partial charge in [-0.25, -0.2) is 9.59 Å². The first-order chi connectivity index (χ1) is 35.2. The quantitative estimate of drug-likeness (QED) is 0.195. The summed E-state index contributed by atoms with van der Waals surface area (Å²) >= 11 is 0. The van der Waals surface area contributed by atoms with Gasteiger partial charge in [-0.3, -0.25) is 47.9 Å². The number of alkyl carbamates (subject to hydrolysis) is 2. The largest absolute Gasteiger partial charge is 0.444 e. The standard InChI is InChI=1S/C50H84N12O14/c1-29(2)39-43(69)51-23-31(55-47(73)75-49(5,6)7)45(71)61-21-17-15-19-33(61)41(67)54-26-36(64)58(12)28-38(66)60(14)40(30(3)4)44(70)52-24-32(56-48(74)76-50(8,9)10)46(72)62-22-18-16-20-34(62)42(68)53-25-35(63)57(11)27-37(65)59(39)13/h29-34,39-40H,15-28H2,1-14H3,(H,51,69)(H,52,70)(H,53,68)(H,54,67)(H,55,73)(H,56,74)/t31-,32-,33+,34+,39+,40+/m1/s1. The molecule has 3 aliphatic rings. The summed E-state index contributed by atoms with van der Waals surface area (Å²) in [5, 5.41) is 15.5. The molecule has 6 N–H and O–H groups in total. The zero-order valence-corrected chi connectivity index (χ0v) is 46.9. The fourth-order valence-corrected chi connectivity index (χ4v) is 9.05. The third kappa shape index (κ3) is 18.8. The molecule has 26 heteroatoms. The highest BCUT2D eigenvalue weighted by Crippen LogP contribution is 2.21. The maximum absolute atomic E-state index is 14.4. The number of amides is 12. The minimum atomic E-state index is -1.48. The number of carbonyl (C=O) groups excluding carboxylic acids is 12. The molecule has 26 nitrogen and oxygen atoms in total. The van der Waals surface area contributed by atoms with Crippen molar-refractivity contribution in [1.82, 2.24) is 61.3 Å². The highest BCUT2D eigenvalue weighted by molar-refractivity contribution is 5.97. The lowest BCUT2D eigenvalue weighted by Gasteiger charge is -2.37. The molecular formula is C50H84N12O14. The van der Waals surface area contributed by atoms with Crippen molar-refractivity contribution >= 4 is 71.3 Å². The van der Waals surface area contributed by atoms with Gasteiger partial charge in [0.25, 0.3) is 0 Å². The van der Waals surface area contributed by atoms with Crippen LogP contribution in [0.3, 0.4) is 0 Å². The molecule has 0 radical (unpaired) electrons. The summed E-state index contributed by atoms with van der Waals surface area (Å²) in [5.74, 6) is -8.03. The number of ether oxygens (including phenoxy) is 2. The Kier molecular flexibility index (Phi) is 23.3. The number of rotatable bonds is 4. The molecule has 0 aliphatic carbocycles. The van der Waals surface area contributed by atoms with Crippen LogP contribution in [-0.2, 0) is 57.4 Å². The van der Waals surface area contributed by atoms with Crippen LogP contribution in [-0.4, -0.2) is 229 Å². The number of hydrogen-bond acceptors (Lipinski definition) is 14. The summed E-state index contributed by atoms with van der Waals surface area (Å²) < 4.78 is 10.9. The van der Waals surface area contributed by atoms with E-state index in [4.69, 9.17) is 9.47 Å². The topological polar surface area (TPSA) is 315 Å². The van der Waals surface area contributed by atoms with E-state index in [1.54, 1.807) is 69.2 Å². The summed E-state index contributed by atoms with van der Waals surface area (Å²) in [6, 6.07) is -7.49. The van der Waals surface area contributed by atoms with E-state index in [9.17, 15) is 57.5 Å². The van der Waals surface area contributed by atoms with Crippen LogP contribution < -0.4 is 31.9 Å². The van der Waals surface area contributed by atoms with Gasteiger partial charge in [0.05, 0.1) is 26.2 Å². The van der Waals surface area contributed by atoms with E-state index < -0.39 is 170 Å². The average Bonchev–Trinajstić information content (AvgIpc) is 3.32.